The highest BCUT2D eigenvalue weighted by molar-refractivity contribution is 8.18. The topological polar surface area (TPSA) is 79.2 Å². The number of hydrogen-bond donors (Lipinski definition) is 1. The number of carboxylic acids is 1. The first-order valence-electron chi connectivity index (χ1n) is 10.5. The van der Waals surface area contributed by atoms with Crippen molar-refractivity contribution in [2.24, 2.45) is 4.99 Å². The molecule has 1 saturated heterocycles. The fourth-order valence-electron chi connectivity index (χ4n) is 3.29. The second kappa shape index (κ2) is 10.4. The number of carboxylic acid groups (broad SMARTS) is 1. The first kappa shape index (κ1) is 23.3. The molecule has 34 heavy (non-hydrogen) atoms. The molecule has 1 heterocycles. The fourth-order valence-corrected chi connectivity index (χ4v) is 4.36. The summed E-state index contributed by atoms with van der Waals surface area (Å²) in [6, 6.07) is 19.8. The lowest BCUT2D eigenvalue weighted by Crippen LogP contribution is -2.28. The molecule has 3 aromatic rings. The average Bonchev–Trinajstić information content (AvgIpc) is 3.12. The molecule has 0 bridgehead atoms. The lowest BCUT2D eigenvalue weighted by Gasteiger charge is -2.12. The molecule has 1 fully saturated rings. The molecule has 0 unspecified atom stereocenters. The largest absolute Gasteiger partial charge is 0.489 e. The summed E-state index contributed by atoms with van der Waals surface area (Å²) < 4.78 is 19.0. The average molecular weight is 477 g/mol. The predicted octanol–water partition coefficient (Wildman–Crippen LogP) is 5.73. The number of ether oxygens (including phenoxy) is 1. The van der Waals surface area contributed by atoms with Crippen LogP contribution in [0.5, 0.6) is 5.75 Å². The number of thioether (sulfide) groups is 1. The summed E-state index contributed by atoms with van der Waals surface area (Å²) in [6.45, 7) is 2.55. The third-order valence-corrected chi connectivity index (χ3v) is 6.00. The van der Waals surface area contributed by atoms with Crippen LogP contribution in [-0.4, -0.2) is 33.6 Å². The number of carbonyl (C=O) groups excluding carboxylic acids is 1. The van der Waals surface area contributed by atoms with E-state index in [1.807, 2.05) is 19.1 Å². The van der Waals surface area contributed by atoms with Gasteiger partial charge in [0.2, 0.25) is 0 Å². The van der Waals surface area contributed by atoms with Gasteiger partial charge in [0.25, 0.3) is 5.91 Å². The maximum Gasteiger partial charge on any atom is 0.335 e. The standard InChI is InChI=1S/C26H21FN2O4S/c1-2-29-24(30)23(34-26(29)28-21-8-4-6-19(15-21)25(31)32)14-17-9-11-22(12-10-17)33-16-18-5-3-7-20(27)13-18/h3-15H,2,16H2,1H3,(H,31,32). The Kier molecular flexibility index (Phi) is 7.08. The van der Waals surface area contributed by atoms with Crippen LogP contribution in [0, 0.1) is 5.82 Å². The highest BCUT2D eigenvalue weighted by atomic mass is 32.2. The van der Waals surface area contributed by atoms with E-state index in [9.17, 15) is 19.1 Å². The monoisotopic (exact) mass is 476 g/mol. The van der Waals surface area contributed by atoms with Crippen molar-refractivity contribution in [3.05, 3.63) is 100 Å². The molecule has 1 amide bonds. The van der Waals surface area contributed by atoms with Crippen molar-refractivity contribution in [1.29, 1.82) is 0 Å². The number of likely N-dealkylation sites (N-methyl/N-ethyl adjacent to an activating group) is 1. The van der Waals surface area contributed by atoms with Gasteiger partial charge in [-0.2, -0.15) is 0 Å². The Morgan fingerprint density at radius 3 is 2.59 bits per heavy atom. The van der Waals surface area contributed by atoms with Gasteiger partial charge in [-0.05, 0) is 78.4 Å². The molecule has 1 aliphatic rings. The third-order valence-electron chi connectivity index (χ3n) is 4.99. The molecule has 0 aliphatic carbocycles. The highest BCUT2D eigenvalue weighted by Gasteiger charge is 2.32. The Bertz CT molecular complexity index is 1290. The van der Waals surface area contributed by atoms with Gasteiger partial charge in [-0.15, -0.1) is 0 Å². The SMILES string of the molecule is CCN1C(=O)C(=Cc2ccc(OCc3cccc(F)c3)cc2)SC1=Nc1cccc(C(=O)O)c1. The summed E-state index contributed by atoms with van der Waals surface area (Å²) in [7, 11) is 0. The molecule has 0 saturated carbocycles. The number of amides is 1. The van der Waals surface area contributed by atoms with E-state index in [1.54, 1.807) is 47.4 Å². The van der Waals surface area contributed by atoms with Crippen LogP contribution in [0.3, 0.4) is 0 Å². The number of aromatic carboxylic acids is 1. The highest BCUT2D eigenvalue weighted by Crippen LogP contribution is 2.34. The minimum Gasteiger partial charge on any atom is -0.489 e. The molecule has 1 N–H and O–H groups in total. The number of aliphatic imine (C=N–C) groups is 1. The van der Waals surface area contributed by atoms with E-state index in [4.69, 9.17) is 4.74 Å². The molecular formula is C26H21FN2O4S. The number of benzene rings is 3. The van der Waals surface area contributed by atoms with E-state index in [1.165, 1.54) is 36.0 Å². The molecule has 0 spiro atoms. The Morgan fingerprint density at radius 1 is 1.12 bits per heavy atom. The molecule has 0 radical (unpaired) electrons. The number of halogens is 1. The number of rotatable bonds is 7. The van der Waals surface area contributed by atoms with Gasteiger partial charge in [-0.25, -0.2) is 14.2 Å². The summed E-state index contributed by atoms with van der Waals surface area (Å²) in [4.78, 5) is 30.7. The van der Waals surface area contributed by atoms with Gasteiger partial charge in [0.05, 0.1) is 16.2 Å². The molecule has 8 heteroatoms. The van der Waals surface area contributed by atoms with Gasteiger partial charge in [-0.1, -0.05) is 30.3 Å². The van der Waals surface area contributed by atoms with Crippen LogP contribution >= 0.6 is 11.8 Å². The Balaban J connectivity index is 1.48. The summed E-state index contributed by atoms with van der Waals surface area (Å²) >= 11 is 1.24. The fraction of sp³-hybridized carbons (Fsp3) is 0.115. The number of hydrogen-bond acceptors (Lipinski definition) is 5. The van der Waals surface area contributed by atoms with E-state index in [0.717, 1.165) is 11.1 Å². The van der Waals surface area contributed by atoms with E-state index in [2.05, 4.69) is 4.99 Å². The molecule has 4 rings (SSSR count). The predicted molar refractivity (Wildman–Crippen MR) is 131 cm³/mol. The van der Waals surface area contributed by atoms with Crippen molar-refractivity contribution in [1.82, 2.24) is 4.90 Å². The number of nitrogens with zero attached hydrogens (tertiary/aromatic N) is 2. The van der Waals surface area contributed by atoms with E-state index >= 15 is 0 Å². The summed E-state index contributed by atoms with van der Waals surface area (Å²) in [6.07, 6.45) is 1.78. The number of carbonyl (C=O) groups is 2. The van der Waals surface area contributed by atoms with Gasteiger partial charge in [-0.3, -0.25) is 9.69 Å². The van der Waals surface area contributed by atoms with Crippen LogP contribution in [0.15, 0.2) is 82.7 Å². The van der Waals surface area contributed by atoms with Crippen LogP contribution in [-0.2, 0) is 11.4 Å². The molecule has 0 atom stereocenters. The molecule has 3 aromatic carbocycles. The van der Waals surface area contributed by atoms with Crippen LogP contribution < -0.4 is 4.74 Å². The van der Waals surface area contributed by atoms with Gasteiger partial charge in [0, 0.05) is 6.54 Å². The van der Waals surface area contributed by atoms with Crippen LogP contribution in [0.1, 0.15) is 28.4 Å². The molecule has 0 aromatic heterocycles. The summed E-state index contributed by atoms with van der Waals surface area (Å²) in [5.74, 6) is -0.867. The van der Waals surface area contributed by atoms with Crippen LogP contribution in [0.25, 0.3) is 6.08 Å². The number of amidine groups is 1. The van der Waals surface area contributed by atoms with E-state index < -0.39 is 5.97 Å². The Labute approximate surface area is 200 Å². The van der Waals surface area contributed by atoms with E-state index in [-0.39, 0.29) is 23.9 Å². The van der Waals surface area contributed by atoms with Gasteiger partial charge < -0.3 is 9.84 Å². The Morgan fingerprint density at radius 2 is 1.88 bits per heavy atom. The van der Waals surface area contributed by atoms with Crippen molar-refractivity contribution in [3.8, 4) is 5.75 Å². The van der Waals surface area contributed by atoms with Crippen LogP contribution in [0.4, 0.5) is 10.1 Å². The zero-order valence-electron chi connectivity index (χ0n) is 18.3. The minimum absolute atomic E-state index is 0.134. The smallest absolute Gasteiger partial charge is 0.335 e. The Hall–Kier alpha value is -3.91. The van der Waals surface area contributed by atoms with E-state index in [0.29, 0.717) is 28.1 Å². The van der Waals surface area contributed by atoms with Crippen molar-refractivity contribution >= 4 is 40.6 Å². The summed E-state index contributed by atoms with van der Waals surface area (Å²) in [5, 5.41) is 9.68. The molecule has 1 aliphatic heterocycles. The van der Waals surface area contributed by atoms with Crippen molar-refractivity contribution in [2.45, 2.75) is 13.5 Å². The van der Waals surface area contributed by atoms with Gasteiger partial charge >= 0.3 is 5.97 Å². The van der Waals surface area contributed by atoms with Crippen molar-refractivity contribution in [3.63, 3.8) is 0 Å². The molecular weight excluding hydrogens is 455 g/mol. The minimum atomic E-state index is -1.03. The molecule has 172 valence electrons. The second-order valence-corrected chi connectivity index (χ2v) is 8.41. The lowest BCUT2D eigenvalue weighted by molar-refractivity contribution is -0.122. The first-order chi connectivity index (χ1) is 16.4. The third kappa shape index (κ3) is 5.52. The zero-order chi connectivity index (χ0) is 24.1. The first-order valence-corrected chi connectivity index (χ1v) is 11.4. The molecule has 6 nitrogen and oxygen atoms in total. The maximum absolute atomic E-state index is 13.3. The zero-order valence-corrected chi connectivity index (χ0v) is 19.1. The van der Waals surface area contributed by atoms with Gasteiger partial charge in [0.15, 0.2) is 5.17 Å². The lowest BCUT2D eigenvalue weighted by atomic mass is 10.2. The quantitative estimate of drug-likeness (QED) is 0.441. The van der Waals surface area contributed by atoms with Crippen molar-refractivity contribution in [2.75, 3.05) is 6.54 Å². The van der Waals surface area contributed by atoms with Crippen molar-refractivity contribution < 1.29 is 23.8 Å². The maximum atomic E-state index is 13.3. The second-order valence-electron chi connectivity index (χ2n) is 7.40. The normalized spacial score (nSPS) is 15.8. The summed E-state index contributed by atoms with van der Waals surface area (Å²) in [5.41, 5.74) is 2.16. The van der Waals surface area contributed by atoms with Gasteiger partial charge in [0.1, 0.15) is 18.2 Å². The van der Waals surface area contributed by atoms with Crippen LogP contribution in [0.2, 0.25) is 0 Å².